The largest absolute Gasteiger partial charge is 0.394 e. The van der Waals surface area contributed by atoms with Crippen LogP contribution in [0.3, 0.4) is 0 Å². The molecule has 2 aliphatic heterocycles. The molecule has 0 spiro atoms. The molecule has 18 N–H and O–H groups in total. The Kier molecular flexibility index (Phi) is 48.4. The van der Waals surface area contributed by atoms with Crippen LogP contribution in [0.4, 0.5) is 0 Å². The van der Waals surface area contributed by atoms with E-state index in [1.165, 1.54) is 103 Å². The van der Waals surface area contributed by atoms with Crippen LogP contribution in [0.15, 0.2) is 0 Å². The molecule has 0 aromatic rings. The summed E-state index contributed by atoms with van der Waals surface area (Å²) >= 11 is 0. The van der Waals surface area contributed by atoms with Crippen LogP contribution >= 0.6 is 0 Å². The molecule has 0 aliphatic carbocycles. The molecule has 0 unspecified atom stereocenters. The second kappa shape index (κ2) is 52.1. The van der Waals surface area contributed by atoms with Crippen molar-refractivity contribution in [1.29, 1.82) is 0 Å². The normalized spacial score (nSPS) is 24.2. The number of ether oxygens (including phenoxy) is 4. The quantitative estimate of drug-likeness (QED) is 0.0354. The van der Waals surface area contributed by atoms with Crippen LogP contribution in [0.25, 0.3) is 0 Å². The fourth-order valence-corrected chi connectivity index (χ4v) is 11.8. The van der Waals surface area contributed by atoms with Gasteiger partial charge in [-0.05, 0) is 25.7 Å². The van der Waals surface area contributed by atoms with Crippen LogP contribution in [-0.4, -0.2) is 291 Å². The molecule has 0 aromatic carbocycles. The lowest BCUT2D eigenvalue weighted by Crippen LogP contribution is -2.62. The van der Waals surface area contributed by atoms with Crippen LogP contribution in [0.5, 0.6) is 0 Å². The van der Waals surface area contributed by atoms with Crippen molar-refractivity contribution >= 4 is 23.6 Å². The zero-order valence-electron chi connectivity index (χ0n) is 56.4. The van der Waals surface area contributed by atoms with E-state index in [1.807, 2.05) is 0 Å². The number of rotatable bonds is 57. The lowest BCUT2D eigenvalue weighted by atomic mass is 9.98. The fourth-order valence-electron chi connectivity index (χ4n) is 11.8. The smallest absolute Gasteiger partial charge is 0.251 e. The van der Waals surface area contributed by atoms with Crippen LogP contribution in [-0.2, 0) is 38.1 Å². The van der Waals surface area contributed by atoms with E-state index in [2.05, 4.69) is 24.5 Å². The van der Waals surface area contributed by atoms with Crippen molar-refractivity contribution in [3.05, 3.63) is 0 Å². The van der Waals surface area contributed by atoms with Crippen LogP contribution in [0.1, 0.15) is 219 Å². The molecular weight excluding hydrogens is 1230 g/mol. The molecule has 0 aromatic heterocycles. The number of hydrogen-bond donors (Lipinski definition) is 18. The minimum atomic E-state index is -2.31. The first kappa shape index (κ1) is 87.2. The Morgan fingerprint density at radius 2 is 0.660 bits per heavy atom. The van der Waals surface area contributed by atoms with Gasteiger partial charge in [0.25, 0.3) is 11.8 Å². The zero-order chi connectivity index (χ0) is 69.8. The van der Waals surface area contributed by atoms with Crippen molar-refractivity contribution in [2.24, 2.45) is 0 Å². The third kappa shape index (κ3) is 33.3. The Bertz CT molecular complexity index is 1810. The monoisotopic (exact) mass is 1360 g/mol. The minimum absolute atomic E-state index is 0.0206. The first-order chi connectivity index (χ1) is 45.1. The molecule has 18 atom stereocenters. The molecular formula is C66H126N4O24. The Labute approximate surface area is 557 Å². The highest BCUT2D eigenvalue weighted by Crippen LogP contribution is 2.28. The summed E-state index contributed by atoms with van der Waals surface area (Å²) in [6.45, 7) is 0.852. The van der Waals surface area contributed by atoms with Gasteiger partial charge in [-0.2, -0.15) is 0 Å². The molecule has 28 nitrogen and oxygen atoms in total. The molecule has 28 heteroatoms. The SMILES string of the molecule is CCCCCCCCCCCCCCCCN(CCNC(=O)[C@H](O)[C@@H](O)[C@H](O[C@@H]1O[C@H](CO)[C@H](O)[C@H](O)[C@H]1O)[C@H](O)CO)C(=O)CCCCC(=O)N(CCCCCCCCCCCCCCCC)CCNC(=O)[C@H](O)[C@@H](O)[C@H](O[C@@H]1O[C@H](CO)[C@H](O)[C@H](O)[C@H]1O)[C@H](O)CO. The molecule has 2 fully saturated rings. The molecule has 94 heavy (non-hydrogen) atoms. The van der Waals surface area contributed by atoms with E-state index in [1.54, 1.807) is 9.80 Å². The average molecular weight is 1360 g/mol. The van der Waals surface area contributed by atoms with E-state index in [9.17, 15) is 101 Å². The van der Waals surface area contributed by atoms with Gasteiger partial charge in [-0.3, -0.25) is 19.2 Å². The Balaban J connectivity index is 2.13. The summed E-state index contributed by atoms with van der Waals surface area (Å²) in [5.74, 6) is -2.85. The van der Waals surface area contributed by atoms with E-state index in [0.717, 1.165) is 64.2 Å². The summed E-state index contributed by atoms with van der Waals surface area (Å²) in [4.78, 5) is 57.6. The maximum Gasteiger partial charge on any atom is 0.251 e. The molecule has 2 heterocycles. The van der Waals surface area contributed by atoms with Gasteiger partial charge in [-0.25, -0.2) is 0 Å². The van der Waals surface area contributed by atoms with Gasteiger partial charge in [0.2, 0.25) is 11.8 Å². The molecule has 554 valence electrons. The average Bonchev–Trinajstić information content (AvgIpc) is 0.885. The molecule has 2 saturated heterocycles. The molecule has 0 radical (unpaired) electrons. The molecule has 2 rings (SSSR count). The van der Waals surface area contributed by atoms with Gasteiger partial charge in [0.1, 0.15) is 85.5 Å². The van der Waals surface area contributed by atoms with E-state index >= 15 is 0 Å². The number of aliphatic hydroxyl groups excluding tert-OH is 16. The summed E-state index contributed by atoms with van der Waals surface area (Å²) in [6.07, 6.45) is -2.96. The van der Waals surface area contributed by atoms with E-state index < -0.39 is 148 Å². The Morgan fingerprint density at radius 3 is 0.926 bits per heavy atom. The predicted octanol–water partition coefficient (Wildman–Crippen LogP) is -0.0808. The van der Waals surface area contributed by atoms with Gasteiger partial charge >= 0.3 is 0 Å². The number of hydrogen-bond acceptors (Lipinski definition) is 24. The second-order valence-corrected chi connectivity index (χ2v) is 25.7. The fraction of sp³-hybridized carbons (Fsp3) is 0.939. The maximum atomic E-state index is 14.0. The first-order valence-corrected chi connectivity index (χ1v) is 35.5. The number of aliphatic hydroxyl groups is 16. The highest BCUT2D eigenvalue weighted by Gasteiger charge is 2.49. The van der Waals surface area contributed by atoms with Crippen LogP contribution in [0.2, 0.25) is 0 Å². The van der Waals surface area contributed by atoms with Crippen molar-refractivity contribution < 1.29 is 120 Å². The van der Waals surface area contributed by atoms with Gasteiger partial charge in [0, 0.05) is 52.1 Å². The number of nitrogens with zero attached hydrogens (tertiary/aromatic N) is 2. The molecule has 2 aliphatic rings. The van der Waals surface area contributed by atoms with Crippen molar-refractivity contribution in [2.75, 3.05) is 65.7 Å². The van der Waals surface area contributed by atoms with Gasteiger partial charge in [0.05, 0.1) is 26.4 Å². The lowest BCUT2D eigenvalue weighted by molar-refractivity contribution is -0.326. The number of nitrogens with one attached hydrogen (secondary N) is 2. The summed E-state index contributed by atoms with van der Waals surface area (Å²) in [7, 11) is 0. The number of amides is 4. The van der Waals surface area contributed by atoms with Gasteiger partial charge in [-0.15, -0.1) is 0 Å². The molecule has 4 amide bonds. The predicted molar refractivity (Wildman–Crippen MR) is 346 cm³/mol. The van der Waals surface area contributed by atoms with Gasteiger partial charge < -0.3 is 121 Å². The third-order valence-electron chi connectivity index (χ3n) is 17.9. The van der Waals surface area contributed by atoms with Crippen molar-refractivity contribution in [1.82, 2.24) is 20.4 Å². The zero-order valence-corrected chi connectivity index (χ0v) is 56.4. The van der Waals surface area contributed by atoms with Crippen molar-refractivity contribution in [2.45, 2.75) is 330 Å². The van der Waals surface area contributed by atoms with Gasteiger partial charge in [0.15, 0.2) is 24.8 Å². The first-order valence-electron chi connectivity index (χ1n) is 35.5. The number of carbonyl (C=O) groups excluding carboxylic acids is 4. The Morgan fingerprint density at radius 1 is 0.383 bits per heavy atom. The lowest BCUT2D eigenvalue weighted by Gasteiger charge is -2.42. The van der Waals surface area contributed by atoms with E-state index in [0.29, 0.717) is 38.8 Å². The van der Waals surface area contributed by atoms with E-state index in [4.69, 9.17) is 18.9 Å². The Hall–Kier alpha value is -2.92. The van der Waals surface area contributed by atoms with Gasteiger partial charge in [-0.1, -0.05) is 181 Å². The molecule has 0 saturated carbocycles. The topological polar surface area (TPSA) is 459 Å². The highest BCUT2D eigenvalue weighted by atomic mass is 16.7. The molecule has 0 bridgehead atoms. The summed E-state index contributed by atoms with van der Waals surface area (Å²) < 4.78 is 21.5. The van der Waals surface area contributed by atoms with Crippen molar-refractivity contribution in [3.8, 4) is 0 Å². The summed E-state index contributed by atoms with van der Waals surface area (Å²) in [5.41, 5.74) is 0. The van der Waals surface area contributed by atoms with Crippen LogP contribution < -0.4 is 10.6 Å². The minimum Gasteiger partial charge on any atom is -0.394 e. The summed E-state index contributed by atoms with van der Waals surface area (Å²) in [6, 6.07) is 0. The van der Waals surface area contributed by atoms with Crippen LogP contribution in [0, 0.1) is 0 Å². The van der Waals surface area contributed by atoms with Crippen molar-refractivity contribution in [3.63, 3.8) is 0 Å². The number of carbonyl (C=O) groups is 4. The maximum absolute atomic E-state index is 14.0. The number of unbranched alkanes of at least 4 members (excludes halogenated alkanes) is 27. The summed E-state index contributed by atoms with van der Waals surface area (Å²) in [5, 5.41) is 171. The third-order valence-corrected chi connectivity index (χ3v) is 17.9. The standard InChI is InChI=1S/C66H126N4O24/c1-3-5-7-9-11-13-15-17-19-21-23-25-27-31-37-69(39-35-67-63(89)57(85)55(83)61(45(75)41-71)93-65-59(87)53(81)51(79)47(43-73)91-65)49(77)33-29-30-34-50(78)70(38-32-28-26-24-22-20-18-16-14-12-10-8-6-4-2)40-36-68-64(90)58(86)56(84)62(46(76)42-72)94-66-60(88)54(82)52(80)48(44-74)92-66/h45-48,51-62,65-66,71-76,79-88H,3-44H2,1-2H3,(H,67,89)(H,68,90)/t45-,46-,47-,48-,51+,52+,53+,54+,55-,56-,57-,58-,59-,60-,61-,62-,65+,66+/m1/s1. The van der Waals surface area contributed by atoms with E-state index in [-0.39, 0.29) is 50.8 Å². The second-order valence-electron chi connectivity index (χ2n) is 25.7. The highest BCUT2D eigenvalue weighted by molar-refractivity contribution is 5.82.